The molecule has 1 aromatic heterocycles. The molecule has 1 amide bonds. The van der Waals surface area contributed by atoms with Crippen LogP contribution < -0.4 is 0 Å². The first-order valence-corrected chi connectivity index (χ1v) is 7.98. The molecule has 4 heterocycles. The Morgan fingerprint density at radius 3 is 2.84 bits per heavy atom. The second kappa shape index (κ2) is 5.25. The molecule has 0 spiro atoms. The van der Waals surface area contributed by atoms with Gasteiger partial charge in [0.15, 0.2) is 0 Å². The summed E-state index contributed by atoms with van der Waals surface area (Å²) >= 11 is 1.90. The van der Waals surface area contributed by atoms with Gasteiger partial charge >= 0.3 is 0 Å². The van der Waals surface area contributed by atoms with Gasteiger partial charge in [-0.15, -0.1) is 11.3 Å². The number of nitrogens with zero attached hydrogens (tertiary/aromatic N) is 2. The summed E-state index contributed by atoms with van der Waals surface area (Å²) in [6, 6.07) is 5.02. The van der Waals surface area contributed by atoms with Gasteiger partial charge in [0.25, 0.3) is 0 Å². The van der Waals surface area contributed by atoms with Gasteiger partial charge in [-0.05, 0) is 37.8 Å². The van der Waals surface area contributed by atoms with E-state index in [2.05, 4.69) is 28.9 Å². The molecule has 0 aliphatic carbocycles. The highest BCUT2D eigenvalue weighted by Crippen LogP contribution is 2.30. The second-order valence-electron chi connectivity index (χ2n) is 5.96. The summed E-state index contributed by atoms with van der Waals surface area (Å²) in [6.45, 7) is 7.98. The average Bonchev–Trinajstić information content (AvgIpc) is 2.61. The van der Waals surface area contributed by atoms with Crippen molar-refractivity contribution in [2.75, 3.05) is 19.6 Å². The van der Waals surface area contributed by atoms with Crippen molar-refractivity contribution in [2.45, 2.75) is 39.3 Å². The van der Waals surface area contributed by atoms with Gasteiger partial charge in [-0.25, -0.2) is 0 Å². The summed E-state index contributed by atoms with van der Waals surface area (Å²) in [7, 11) is 0. The zero-order valence-corrected chi connectivity index (χ0v) is 12.6. The summed E-state index contributed by atoms with van der Waals surface area (Å²) < 4.78 is 0. The molecule has 3 aliphatic heterocycles. The number of hydrogen-bond acceptors (Lipinski definition) is 3. The maximum atomic E-state index is 11.6. The fourth-order valence-electron chi connectivity index (χ4n) is 3.40. The van der Waals surface area contributed by atoms with E-state index in [1.165, 1.54) is 22.6 Å². The Hall–Kier alpha value is -0.870. The van der Waals surface area contributed by atoms with Crippen molar-refractivity contribution in [1.82, 2.24) is 9.80 Å². The largest absolute Gasteiger partial charge is 0.341 e. The molecule has 3 saturated heterocycles. The Bertz CT molecular complexity index is 470. The van der Waals surface area contributed by atoms with Crippen molar-refractivity contribution < 1.29 is 4.79 Å². The van der Waals surface area contributed by atoms with E-state index >= 15 is 0 Å². The highest BCUT2D eigenvalue weighted by atomic mass is 32.1. The molecule has 4 rings (SSSR count). The summed E-state index contributed by atoms with van der Waals surface area (Å²) in [5, 5.41) is 0. The molecule has 3 aliphatic rings. The summed E-state index contributed by atoms with van der Waals surface area (Å²) in [5.74, 6) is 0.912. The minimum atomic E-state index is 0.241. The van der Waals surface area contributed by atoms with Crippen LogP contribution in [0.2, 0.25) is 0 Å². The molecule has 3 nitrogen and oxygen atoms in total. The van der Waals surface area contributed by atoms with Gasteiger partial charge in [-0.2, -0.15) is 0 Å². The molecule has 0 aromatic carbocycles. The molecule has 104 valence electrons. The average molecular weight is 278 g/mol. The van der Waals surface area contributed by atoms with E-state index in [1.54, 1.807) is 6.92 Å². The minimum Gasteiger partial charge on any atom is -0.341 e. The van der Waals surface area contributed by atoms with Crippen molar-refractivity contribution in [3.05, 3.63) is 21.9 Å². The molecule has 0 N–H and O–H groups in total. The number of carbonyl (C=O) groups is 1. The van der Waals surface area contributed by atoms with Crippen LogP contribution in [-0.4, -0.2) is 41.4 Å². The number of rotatable bonds is 2. The fraction of sp³-hybridized carbons (Fsp3) is 0.667. The van der Waals surface area contributed by atoms with E-state index in [0.717, 1.165) is 26.2 Å². The lowest BCUT2D eigenvalue weighted by atomic mass is 9.95. The van der Waals surface area contributed by atoms with Crippen LogP contribution in [0.3, 0.4) is 0 Å². The maximum Gasteiger partial charge on any atom is 0.219 e. The lowest BCUT2D eigenvalue weighted by Gasteiger charge is -2.35. The number of aryl methyl sites for hydroxylation is 1. The molecular weight excluding hydrogens is 256 g/mol. The standard InChI is InChI=1S/C15H22N2OS/c1-11-3-6-15(19-11)10-17-8-13-4-5-14(17)9-16(7-13)12(2)18/h3,6,13-14H,4-5,7-10H2,1-2H3/t13-,14+/m0/s1. The smallest absolute Gasteiger partial charge is 0.219 e. The fourth-order valence-corrected chi connectivity index (χ4v) is 4.32. The Morgan fingerprint density at radius 2 is 2.16 bits per heavy atom. The number of piperidine rings is 1. The Kier molecular flexibility index (Phi) is 3.63. The highest BCUT2D eigenvalue weighted by Gasteiger charge is 2.35. The first kappa shape index (κ1) is 13.1. The van der Waals surface area contributed by atoms with Crippen LogP contribution in [-0.2, 0) is 11.3 Å². The molecular formula is C15H22N2OS. The number of amides is 1. The third-order valence-corrected chi connectivity index (χ3v) is 5.41. The van der Waals surface area contributed by atoms with Crippen LogP contribution in [0, 0.1) is 12.8 Å². The Labute approximate surface area is 119 Å². The van der Waals surface area contributed by atoms with Gasteiger partial charge in [0.05, 0.1) is 0 Å². The van der Waals surface area contributed by atoms with Gasteiger partial charge < -0.3 is 4.90 Å². The van der Waals surface area contributed by atoms with Crippen LogP contribution in [0.4, 0.5) is 0 Å². The Morgan fingerprint density at radius 1 is 1.32 bits per heavy atom. The normalized spacial score (nSPS) is 27.6. The monoisotopic (exact) mass is 278 g/mol. The molecule has 0 unspecified atom stereocenters. The molecule has 0 saturated carbocycles. The third-order valence-electron chi connectivity index (χ3n) is 4.43. The number of carbonyl (C=O) groups excluding carboxylic acids is 1. The number of thiophene rings is 1. The molecule has 2 atom stereocenters. The van der Waals surface area contributed by atoms with E-state index < -0.39 is 0 Å². The first-order chi connectivity index (χ1) is 9.11. The lowest BCUT2D eigenvalue weighted by Crippen LogP contribution is -2.43. The Balaban J connectivity index is 1.72. The van der Waals surface area contributed by atoms with Crippen LogP contribution >= 0.6 is 11.3 Å². The summed E-state index contributed by atoms with van der Waals surface area (Å²) in [5.41, 5.74) is 0. The second-order valence-corrected chi connectivity index (χ2v) is 7.34. The van der Waals surface area contributed by atoms with Crippen molar-refractivity contribution in [3.8, 4) is 0 Å². The zero-order valence-electron chi connectivity index (χ0n) is 11.8. The van der Waals surface area contributed by atoms with Gasteiger partial charge in [0.2, 0.25) is 5.91 Å². The highest BCUT2D eigenvalue weighted by molar-refractivity contribution is 7.11. The summed E-state index contributed by atoms with van der Waals surface area (Å²) in [6.07, 6.45) is 2.53. The van der Waals surface area contributed by atoms with Crippen molar-refractivity contribution >= 4 is 17.2 Å². The van der Waals surface area contributed by atoms with Crippen molar-refractivity contribution in [2.24, 2.45) is 5.92 Å². The zero-order chi connectivity index (χ0) is 13.4. The quantitative estimate of drug-likeness (QED) is 0.830. The topological polar surface area (TPSA) is 23.6 Å². The molecule has 19 heavy (non-hydrogen) atoms. The van der Waals surface area contributed by atoms with Crippen molar-refractivity contribution in [1.29, 1.82) is 0 Å². The first-order valence-electron chi connectivity index (χ1n) is 7.16. The molecule has 3 fully saturated rings. The van der Waals surface area contributed by atoms with Crippen LogP contribution in [0.5, 0.6) is 0 Å². The predicted molar refractivity (Wildman–Crippen MR) is 78.2 cm³/mol. The predicted octanol–water partition coefficient (Wildman–Crippen LogP) is 2.50. The van der Waals surface area contributed by atoms with E-state index in [9.17, 15) is 4.79 Å². The van der Waals surface area contributed by atoms with E-state index in [4.69, 9.17) is 0 Å². The van der Waals surface area contributed by atoms with E-state index in [-0.39, 0.29) is 5.91 Å². The molecule has 1 aromatic rings. The van der Waals surface area contributed by atoms with Crippen LogP contribution in [0.15, 0.2) is 12.1 Å². The summed E-state index contributed by atoms with van der Waals surface area (Å²) in [4.78, 5) is 19.2. The number of hydrogen-bond donors (Lipinski definition) is 0. The third kappa shape index (κ3) is 2.84. The van der Waals surface area contributed by atoms with Gasteiger partial charge in [0.1, 0.15) is 0 Å². The van der Waals surface area contributed by atoms with Crippen molar-refractivity contribution in [3.63, 3.8) is 0 Å². The molecule has 2 bridgehead atoms. The molecule has 0 radical (unpaired) electrons. The minimum absolute atomic E-state index is 0.241. The molecule has 4 heteroatoms. The van der Waals surface area contributed by atoms with Crippen LogP contribution in [0.25, 0.3) is 0 Å². The number of fused-ring (bicyclic) bond motifs is 4. The van der Waals surface area contributed by atoms with Gasteiger partial charge in [0, 0.05) is 48.9 Å². The van der Waals surface area contributed by atoms with E-state index in [0.29, 0.717) is 12.0 Å². The SMILES string of the molecule is CC(=O)N1C[C@@H]2CC[C@H](C1)N(Cc1ccc(C)s1)C2. The van der Waals surface area contributed by atoms with E-state index in [1.807, 2.05) is 11.3 Å². The van der Waals surface area contributed by atoms with Crippen LogP contribution in [0.1, 0.15) is 29.5 Å². The lowest BCUT2D eigenvalue weighted by molar-refractivity contribution is -0.129. The maximum absolute atomic E-state index is 11.6. The van der Waals surface area contributed by atoms with Gasteiger partial charge in [-0.3, -0.25) is 9.69 Å². The van der Waals surface area contributed by atoms with Gasteiger partial charge in [-0.1, -0.05) is 0 Å².